The van der Waals surface area contributed by atoms with E-state index in [9.17, 15) is 18.8 Å². The number of piperidine rings is 1. The van der Waals surface area contributed by atoms with Crippen molar-refractivity contribution in [1.29, 1.82) is 0 Å². The van der Waals surface area contributed by atoms with Gasteiger partial charge >= 0.3 is 11.9 Å². The minimum Gasteiger partial charge on any atom is -0.468 e. The van der Waals surface area contributed by atoms with Gasteiger partial charge in [-0.2, -0.15) is 0 Å². The smallest absolute Gasteiger partial charge is 0.338 e. The van der Waals surface area contributed by atoms with Crippen molar-refractivity contribution in [2.75, 3.05) is 27.3 Å². The Balaban J connectivity index is 1.48. The first-order valence-corrected chi connectivity index (χ1v) is 13.4. The summed E-state index contributed by atoms with van der Waals surface area (Å²) in [5.74, 6) is -1.46. The van der Waals surface area contributed by atoms with E-state index in [1.54, 1.807) is 11.1 Å². The third-order valence-electron chi connectivity index (χ3n) is 7.30. The fraction of sp³-hybridized carbons (Fsp3) is 0.423. The molecule has 1 aromatic carbocycles. The van der Waals surface area contributed by atoms with E-state index >= 15 is 0 Å². The van der Waals surface area contributed by atoms with E-state index in [-0.39, 0.29) is 22.4 Å². The quantitative estimate of drug-likeness (QED) is 0.424. The van der Waals surface area contributed by atoms with Crippen LogP contribution >= 0.6 is 22.9 Å². The monoisotopic (exact) mass is 560 g/mol. The van der Waals surface area contributed by atoms with Gasteiger partial charge in [-0.1, -0.05) is 17.7 Å². The number of esters is 2. The molecule has 5 rings (SSSR count). The van der Waals surface area contributed by atoms with E-state index in [1.165, 1.54) is 43.8 Å². The zero-order chi connectivity index (χ0) is 27.0. The van der Waals surface area contributed by atoms with Gasteiger partial charge in [0.2, 0.25) is 5.91 Å². The average Bonchev–Trinajstić information content (AvgIpc) is 3.56. The Kier molecular flexibility index (Phi) is 7.23. The molecule has 0 radical (unpaired) electrons. The summed E-state index contributed by atoms with van der Waals surface area (Å²) in [6, 6.07) is 3.13. The number of allylic oxidation sites excluding steroid dienone is 1. The number of methoxy groups -OCH3 is 2. The van der Waals surface area contributed by atoms with Crippen LogP contribution in [0, 0.1) is 17.2 Å². The van der Waals surface area contributed by atoms with Crippen molar-refractivity contribution in [2.24, 2.45) is 16.3 Å². The van der Waals surface area contributed by atoms with E-state index in [4.69, 9.17) is 26.1 Å². The van der Waals surface area contributed by atoms with Crippen molar-refractivity contribution in [3.8, 4) is 0 Å². The van der Waals surface area contributed by atoms with Crippen molar-refractivity contribution in [3.05, 3.63) is 62.5 Å². The number of carbonyl (C=O) groups is 3. The van der Waals surface area contributed by atoms with Crippen molar-refractivity contribution >= 4 is 46.6 Å². The van der Waals surface area contributed by atoms with Gasteiger partial charge in [0, 0.05) is 46.9 Å². The number of ether oxygens (including phenoxy) is 2. The summed E-state index contributed by atoms with van der Waals surface area (Å²) in [5.41, 5.74) is 0.293. The molecule has 3 aliphatic rings. The number of amides is 1. The predicted octanol–water partition coefficient (Wildman–Crippen LogP) is 3.65. The number of nitrogens with zero attached hydrogens (tertiary/aromatic N) is 3. The molecule has 0 bridgehead atoms. The highest BCUT2D eigenvalue weighted by molar-refractivity contribution is 7.11. The van der Waals surface area contributed by atoms with Crippen LogP contribution in [0.2, 0.25) is 5.02 Å². The van der Waals surface area contributed by atoms with Crippen molar-refractivity contribution in [3.63, 3.8) is 0 Å². The van der Waals surface area contributed by atoms with E-state index in [2.05, 4.69) is 10.3 Å². The zero-order valence-corrected chi connectivity index (χ0v) is 22.4. The van der Waals surface area contributed by atoms with Crippen LogP contribution in [0.5, 0.6) is 0 Å². The Hall–Kier alpha value is -3.31. The molecule has 200 valence electrons. The van der Waals surface area contributed by atoms with E-state index in [0.717, 1.165) is 0 Å². The Morgan fingerprint density at radius 3 is 2.50 bits per heavy atom. The molecule has 1 aromatic heterocycles. The van der Waals surface area contributed by atoms with Gasteiger partial charge in [-0.25, -0.2) is 14.2 Å². The Bertz CT molecular complexity index is 1330. The molecule has 1 aliphatic carbocycles. The van der Waals surface area contributed by atoms with Crippen molar-refractivity contribution in [2.45, 2.75) is 31.7 Å². The average molecular weight is 561 g/mol. The van der Waals surface area contributed by atoms with Crippen LogP contribution in [-0.4, -0.2) is 60.9 Å². The van der Waals surface area contributed by atoms with Gasteiger partial charge in [0.1, 0.15) is 17.3 Å². The Morgan fingerprint density at radius 2 is 1.92 bits per heavy atom. The molecule has 0 spiro atoms. The molecule has 1 atom stereocenters. The SMILES string of the molecule is COC(=O)C1=C(C2CCN(C(=O)C3(C(=O)OC)CC3)CC2)NC(c2nccs2)=NC1c1ccc(F)cc1Cl. The van der Waals surface area contributed by atoms with Crippen LogP contribution in [0.25, 0.3) is 0 Å². The summed E-state index contributed by atoms with van der Waals surface area (Å²) in [5, 5.41) is 5.89. The minimum atomic E-state index is -1.06. The van der Waals surface area contributed by atoms with Gasteiger partial charge in [-0.15, -0.1) is 11.3 Å². The van der Waals surface area contributed by atoms with Crippen LogP contribution < -0.4 is 5.32 Å². The van der Waals surface area contributed by atoms with Gasteiger partial charge < -0.3 is 19.7 Å². The van der Waals surface area contributed by atoms with Crippen LogP contribution in [0.3, 0.4) is 0 Å². The second-order valence-corrected chi connectivity index (χ2v) is 10.8. The fourth-order valence-electron chi connectivity index (χ4n) is 5.12. The second kappa shape index (κ2) is 10.5. The lowest BCUT2D eigenvalue weighted by Crippen LogP contribution is -2.47. The van der Waals surface area contributed by atoms with Crippen LogP contribution in [0.1, 0.15) is 42.3 Å². The van der Waals surface area contributed by atoms with Crippen molar-refractivity contribution in [1.82, 2.24) is 15.2 Å². The van der Waals surface area contributed by atoms with E-state index in [1.807, 2.05) is 5.38 Å². The maximum Gasteiger partial charge on any atom is 0.338 e. The second-order valence-electron chi connectivity index (χ2n) is 9.47. The largest absolute Gasteiger partial charge is 0.468 e. The number of thiazole rings is 1. The molecule has 2 fully saturated rings. The van der Waals surface area contributed by atoms with E-state index < -0.39 is 29.2 Å². The number of likely N-dealkylation sites (tertiary alicyclic amines) is 1. The highest BCUT2D eigenvalue weighted by Gasteiger charge is 2.59. The number of rotatable bonds is 6. The molecule has 9 nitrogen and oxygen atoms in total. The lowest BCUT2D eigenvalue weighted by Gasteiger charge is -2.37. The summed E-state index contributed by atoms with van der Waals surface area (Å²) in [6.45, 7) is 0.821. The van der Waals surface area contributed by atoms with Gasteiger partial charge in [-0.3, -0.25) is 14.6 Å². The Labute approximate surface area is 227 Å². The summed E-state index contributed by atoms with van der Waals surface area (Å²) < 4.78 is 23.9. The highest BCUT2D eigenvalue weighted by atomic mass is 35.5. The first-order valence-electron chi connectivity index (χ1n) is 12.2. The predicted molar refractivity (Wildman–Crippen MR) is 138 cm³/mol. The minimum absolute atomic E-state index is 0.137. The van der Waals surface area contributed by atoms with Gasteiger partial charge in [-0.05, 0) is 37.8 Å². The maximum absolute atomic E-state index is 13.9. The number of nitrogens with one attached hydrogen (secondary N) is 1. The molecule has 38 heavy (non-hydrogen) atoms. The molecule has 1 N–H and O–H groups in total. The molecular weight excluding hydrogens is 535 g/mol. The zero-order valence-electron chi connectivity index (χ0n) is 20.8. The third-order valence-corrected chi connectivity index (χ3v) is 8.41. The first-order chi connectivity index (χ1) is 18.3. The number of aromatic nitrogens is 1. The highest BCUT2D eigenvalue weighted by Crippen LogP contribution is 2.49. The molecule has 1 unspecified atom stereocenters. The molecule has 12 heteroatoms. The maximum atomic E-state index is 13.9. The fourth-order valence-corrected chi connectivity index (χ4v) is 5.98. The number of hydrogen-bond donors (Lipinski definition) is 1. The number of amidine groups is 1. The lowest BCUT2D eigenvalue weighted by molar-refractivity contribution is -0.156. The van der Waals surface area contributed by atoms with E-state index in [0.29, 0.717) is 60.9 Å². The number of aliphatic imine (C=N–C) groups is 1. The van der Waals surface area contributed by atoms with Gasteiger partial charge in [0.05, 0.1) is 19.8 Å². The molecule has 3 heterocycles. The molecule has 2 aromatic rings. The number of carbonyl (C=O) groups excluding carboxylic acids is 3. The first kappa shape index (κ1) is 26.3. The number of hydrogen-bond acceptors (Lipinski definition) is 9. The van der Waals surface area contributed by atoms with Gasteiger partial charge in [0.15, 0.2) is 10.8 Å². The molecule has 1 amide bonds. The summed E-state index contributed by atoms with van der Waals surface area (Å²) in [7, 11) is 2.59. The van der Waals surface area contributed by atoms with Crippen LogP contribution in [-0.2, 0) is 23.9 Å². The van der Waals surface area contributed by atoms with Crippen LogP contribution in [0.15, 0.2) is 46.0 Å². The number of benzene rings is 1. The van der Waals surface area contributed by atoms with Gasteiger partial charge in [0.25, 0.3) is 0 Å². The molecule has 1 saturated carbocycles. The topological polar surface area (TPSA) is 110 Å². The van der Waals surface area contributed by atoms with Crippen LogP contribution in [0.4, 0.5) is 4.39 Å². The summed E-state index contributed by atoms with van der Waals surface area (Å²) >= 11 is 7.81. The lowest BCUT2D eigenvalue weighted by atomic mass is 9.85. The molecule has 2 aliphatic heterocycles. The van der Waals surface area contributed by atoms with Crippen molar-refractivity contribution < 1.29 is 28.2 Å². The third kappa shape index (κ3) is 4.69. The normalized spacial score (nSPS) is 20.9. The summed E-state index contributed by atoms with van der Waals surface area (Å²) in [4.78, 5) is 49.4. The summed E-state index contributed by atoms with van der Waals surface area (Å²) in [6.07, 6.45) is 3.72. The molecule has 1 saturated heterocycles. The number of halogens is 2. The standard InChI is InChI=1S/C26H26ClFN4O5S/c1-36-23(33)18-19(14-5-10-32(11-6-14)24(34)26(7-8-26)25(35)37-2)30-21(22-29-9-12-38-22)31-20(18)16-4-3-15(28)13-17(16)27/h3-4,9,12-14,20H,5-8,10-11H2,1-2H3,(H,30,31). The Morgan fingerprint density at radius 1 is 1.18 bits per heavy atom. The molecular formula is C26H26ClFN4O5S.